The Morgan fingerprint density at radius 3 is 2.89 bits per heavy atom. The van der Waals surface area contributed by atoms with E-state index >= 15 is 0 Å². The van der Waals surface area contributed by atoms with Gasteiger partial charge in [-0.05, 0) is 13.3 Å². The highest BCUT2D eigenvalue weighted by molar-refractivity contribution is 6.30. The van der Waals surface area contributed by atoms with E-state index in [1.807, 2.05) is 20.0 Å². The summed E-state index contributed by atoms with van der Waals surface area (Å²) < 4.78 is 1.80. The Morgan fingerprint density at radius 2 is 2.21 bits per heavy atom. The normalized spacial score (nSPS) is 10.7. The van der Waals surface area contributed by atoms with Crippen LogP contribution in [0.3, 0.4) is 0 Å². The average Bonchev–Trinajstić information content (AvgIpc) is 2.92. The zero-order valence-electron chi connectivity index (χ0n) is 11.1. The van der Waals surface area contributed by atoms with E-state index in [1.165, 1.54) is 0 Å². The second kappa shape index (κ2) is 6.47. The molecule has 0 bridgehead atoms. The zero-order chi connectivity index (χ0) is 13.7. The highest BCUT2D eigenvalue weighted by Gasteiger charge is 2.07. The van der Waals surface area contributed by atoms with Gasteiger partial charge < -0.3 is 5.32 Å². The molecule has 6 nitrogen and oxygen atoms in total. The van der Waals surface area contributed by atoms with Crippen LogP contribution in [0.5, 0.6) is 0 Å². The van der Waals surface area contributed by atoms with Crippen LogP contribution in [0, 0.1) is 6.92 Å². The lowest BCUT2D eigenvalue weighted by Gasteiger charge is -2.10. The van der Waals surface area contributed by atoms with E-state index in [2.05, 4.69) is 25.6 Å². The molecule has 0 aromatic carbocycles. The molecule has 0 aliphatic heterocycles. The first-order valence-electron chi connectivity index (χ1n) is 6.31. The van der Waals surface area contributed by atoms with E-state index in [-0.39, 0.29) is 0 Å². The van der Waals surface area contributed by atoms with Gasteiger partial charge in [-0.1, -0.05) is 23.7 Å². The van der Waals surface area contributed by atoms with Crippen molar-refractivity contribution < 1.29 is 0 Å². The molecule has 0 saturated heterocycles. The molecule has 0 spiro atoms. The minimum Gasteiger partial charge on any atom is -0.370 e. The van der Waals surface area contributed by atoms with E-state index in [9.17, 15) is 0 Å². The molecule has 0 radical (unpaired) electrons. The van der Waals surface area contributed by atoms with E-state index in [0.29, 0.717) is 5.15 Å². The van der Waals surface area contributed by atoms with Crippen LogP contribution in [0.2, 0.25) is 5.15 Å². The summed E-state index contributed by atoms with van der Waals surface area (Å²) >= 11 is 6.08. The van der Waals surface area contributed by atoms with Crippen molar-refractivity contribution in [3.8, 4) is 0 Å². The molecule has 0 aliphatic carbocycles. The molecule has 0 fully saturated rings. The van der Waals surface area contributed by atoms with Crippen LogP contribution >= 0.6 is 11.6 Å². The van der Waals surface area contributed by atoms with E-state index < -0.39 is 0 Å². The lowest BCUT2D eigenvalue weighted by molar-refractivity contribution is 0.569. The van der Waals surface area contributed by atoms with Crippen LogP contribution in [-0.4, -0.2) is 31.5 Å². The highest BCUT2D eigenvalue weighted by atomic mass is 35.5. The van der Waals surface area contributed by atoms with Crippen molar-refractivity contribution in [3.63, 3.8) is 0 Å². The summed E-state index contributed by atoms with van der Waals surface area (Å²) in [6, 6.07) is 0. The summed E-state index contributed by atoms with van der Waals surface area (Å²) in [6.07, 6.45) is 5.23. The molecule has 0 aliphatic rings. The Kier molecular flexibility index (Phi) is 4.68. The Morgan fingerprint density at radius 1 is 1.37 bits per heavy atom. The second-order valence-corrected chi connectivity index (χ2v) is 4.56. The number of aryl methyl sites for hydroxylation is 2. The second-order valence-electron chi connectivity index (χ2n) is 4.20. The van der Waals surface area contributed by atoms with Crippen LogP contribution in [-0.2, 0) is 13.0 Å². The lowest BCUT2D eigenvalue weighted by Crippen LogP contribution is -2.11. The van der Waals surface area contributed by atoms with Crippen LogP contribution in [0.1, 0.15) is 24.7 Å². The van der Waals surface area contributed by atoms with Gasteiger partial charge in [-0.25, -0.2) is 9.97 Å². The van der Waals surface area contributed by atoms with Gasteiger partial charge in [-0.3, -0.25) is 4.68 Å². The van der Waals surface area contributed by atoms with Crippen LogP contribution in [0.15, 0.2) is 12.4 Å². The molecule has 2 rings (SSSR count). The van der Waals surface area contributed by atoms with E-state index in [1.54, 1.807) is 10.9 Å². The van der Waals surface area contributed by atoms with Crippen molar-refractivity contribution in [2.75, 3.05) is 11.9 Å². The van der Waals surface area contributed by atoms with Gasteiger partial charge in [0.2, 0.25) is 0 Å². The smallest absolute Gasteiger partial charge is 0.137 e. The first kappa shape index (κ1) is 13.7. The fraction of sp³-hybridized carbons (Fsp3) is 0.500. The molecular formula is C12H17ClN6. The summed E-state index contributed by atoms with van der Waals surface area (Å²) in [6.45, 7) is 5.56. The van der Waals surface area contributed by atoms with Gasteiger partial charge in [0.05, 0.1) is 6.20 Å². The maximum Gasteiger partial charge on any atom is 0.137 e. The maximum atomic E-state index is 6.08. The van der Waals surface area contributed by atoms with Gasteiger partial charge in [0.15, 0.2) is 0 Å². The lowest BCUT2D eigenvalue weighted by atomic mass is 10.3. The van der Waals surface area contributed by atoms with Crippen molar-refractivity contribution in [1.29, 1.82) is 0 Å². The quantitative estimate of drug-likeness (QED) is 0.648. The summed E-state index contributed by atoms with van der Waals surface area (Å²) in [5.41, 5.74) is 0.889. The molecule has 0 unspecified atom stereocenters. The summed E-state index contributed by atoms with van der Waals surface area (Å²) in [5.74, 6) is 1.57. The number of rotatable bonds is 6. The van der Waals surface area contributed by atoms with Crippen LogP contribution < -0.4 is 5.32 Å². The molecule has 0 saturated carbocycles. The third-order valence-electron chi connectivity index (χ3n) is 2.78. The Bertz CT molecular complexity index is 525. The molecule has 2 heterocycles. The minimum atomic E-state index is 0.519. The fourth-order valence-corrected chi connectivity index (χ4v) is 1.85. The number of halogens is 1. The molecule has 19 heavy (non-hydrogen) atoms. The Labute approximate surface area is 117 Å². The number of nitrogens with one attached hydrogen (secondary N) is 1. The van der Waals surface area contributed by atoms with E-state index in [0.717, 1.165) is 43.1 Å². The van der Waals surface area contributed by atoms with Gasteiger partial charge in [0, 0.05) is 31.3 Å². The summed E-state index contributed by atoms with van der Waals surface area (Å²) in [4.78, 5) is 8.66. The largest absolute Gasteiger partial charge is 0.370 e. The monoisotopic (exact) mass is 280 g/mol. The first-order valence-corrected chi connectivity index (χ1v) is 6.69. The molecule has 2 aromatic heterocycles. The van der Waals surface area contributed by atoms with Gasteiger partial charge in [0.25, 0.3) is 0 Å². The maximum absolute atomic E-state index is 6.08. The minimum absolute atomic E-state index is 0.519. The van der Waals surface area contributed by atoms with E-state index in [4.69, 9.17) is 11.6 Å². The molecule has 7 heteroatoms. The predicted molar refractivity (Wildman–Crippen MR) is 74.3 cm³/mol. The number of hydrogen-bond acceptors (Lipinski definition) is 5. The fourth-order valence-electron chi connectivity index (χ4n) is 1.66. The molecule has 1 N–H and O–H groups in total. The summed E-state index contributed by atoms with van der Waals surface area (Å²) in [5, 5.41) is 11.5. The van der Waals surface area contributed by atoms with Crippen molar-refractivity contribution in [2.45, 2.75) is 33.2 Å². The SMILES string of the molecule is CCc1nc(Cl)c(C)c(NCCCn2ccnn2)n1. The third kappa shape index (κ3) is 3.64. The number of hydrogen-bond donors (Lipinski definition) is 1. The van der Waals surface area contributed by atoms with Gasteiger partial charge in [-0.15, -0.1) is 5.10 Å². The first-order chi connectivity index (χ1) is 9.20. The van der Waals surface area contributed by atoms with Gasteiger partial charge >= 0.3 is 0 Å². The molecular weight excluding hydrogens is 264 g/mol. The zero-order valence-corrected chi connectivity index (χ0v) is 11.9. The highest BCUT2D eigenvalue weighted by Crippen LogP contribution is 2.19. The summed E-state index contributed by atoms with van der Waals surface area (Å²) in [7, 11) is 0. The number of anilines is 1. The Balaban J connectivity index is 1.90. The molecule has 2 aromatic rings. The average molecular weight is 281 g/mol. The van der Waals surface area contributed by atoms with Gasteiger partial charge in [-0.2, -0.15) is 0 Å². The standard InChI is InChI=1S/C12H17ClN6/c1-3-10-16-11(13)9(2)12(17-10)14-5-4-7-19-8-6-15-18-19/h6,8H,3-5,7H2,1-2H3,(H,14,16,17). The molecule has 102 valence electrons. The topological polar surface area (TPSA) is 68.5 Å². The number of nitrogens with zero attached hydrogens (tertiary/aromatic N) is 5. The Hall–Kier alpha value is -1.69. The van der Waals surface area contributed by atoms with Crippen molar-refractivity contribution in [1.82, 2.24) is 25.0 Å². The van der Waals surface area contributed by atoms with Crippen LogP contribution in [0.4, 0.5) is 5.82 Å². The number of aromatic nitrogens is 5. The van der Waals surface area contributed by atoms with Gasteiger partial charge in [0.1, 0.15) is 16.8 Å². The third-order valence-corrected chi connectivity index (χ3v) is 3.15. The van der Waals surface area contributed by atoms with Crippen molar-refractivity contribution >= 4 is 17.4 Å². The van der Waals surface area contributed by atoms with Crippen molar-refractivity contribution in [2.24, 2.45) is 0 Å². The molecule has 0 amide bonds. The van der Waals surface area contributed by atoms with Crippen LogP contribution in [0.25, 0.3) is 0 Å². The molecule has 0 atom stereocenters. The predicted octanol–water partition coefficient (Wildman–Crippen LogP) is 2.09. The van der Waals surface area contributed by atoms with Crippen molar-refractivity contribution in [3.05, 3.63) is 28.9 Å².